The van der Waals surface area contributed by atoms with E-state index in [2.05, 4.69) is 72.4 Å². The van der Waals surface area contributed by atoms with Crippen molar-refractivity contribution in [3.05, 3.63) is 19.1 Å². The Bertz CT molecular complexity index is 491. The van der Waals surface area contributed by atoms with Crippen LogP contribution >= 0.6 is 0 Å². The summed E-state index contributed by atoms with van der Waals surface area (Å²) in [6.07, 6.45) is 1.28. The minimum absolute atomic E-state index is 0.330. The Hall–Kier alpha value is -0.0425. The predicted octanol–water partition coefficient (Wildman–Crippen LogP) is 5.51. The highest BCUT2D eigenvalue weighted by Crippen LogP contribution is 2.39. The maximum Gasteiger partial charge on any atom is 0.516 e. The largest absolute Gasteiger partial charge is 0.516 e. The Morgan fingerprint density at radius 2 is 1.19 bits per heavy atom. The zero-order chi connectivity index (χ0) is 21.9. The van der Waals surface area contributed by atoms with Gasteiger partial charge in [-0.25, -0.2) is 4.79 Å². The molecule has 1 unspecified atom stereocenters. The van der Waals surface area contributed by atoms with Gasteiger partial charge < -0.3 is 17.1 Å². The van der Waals surface area contributed by atoms with E-state index < -0.39 is 45.0 Å². The van der Waals surface area contributed by atoms with Gasteiger partial charge in [0.25, 0.3) is 0 Å². The van der Waals surface area contributed by atoms with Crippen molar-refractivity contribution in [2.24, 2.45) is 0 Å². The van der Waals surface area contributed by atoms with E-state index in [0.717, 1.165) is 6.42 Å². The first kappa shape index (κ1) is 27.0. The van der Waals surface area contributed by atoms with E-state index in [-0.39, 0.29) is 0 Å². The molecular weight excluding hydrogens is 409 g/mol. The Labute approximate surface area is 171 Å². The van der Waals surface area contributed by atoms with E-state index in [1.54, 1.807) is 6.92 Å². The Morgan fingerprint density at radius 1 is 0.852 bits per heavy atom. The monoisotopic (exact) mass is 449 g/mol. The van der Waals surface area contributed by atoms with Gasteiger partial charge in [0.2, 0.25) is 0 Å². The average molecular weight is 450 g/mol. The lowest BCUT2D eigenvalue weighted by molar-refractivity contribution is -0.148. The van der Waals surface area contributed by atoms with Crippen molar-refractivity contribution < 1.29 is 21.9 Å². The zero-order valence-corrected chi connectivity index (χ0v) is 23.4. The van der Waals surface area contributed by atoms with Gasteiger partial charge in [-0.05, 0) is 79.2 Å². The average Bonchev–Trinajstić information content (AvgIpc) is 2.31. The Balaban J connectivity index is 6.62. The van der Waals surface area contributed by atoms with E-state index in [0.29, 0.717) is 12.0 Å². The highest BCUT2D eigenvalue weighted by Gasteiger charge is 2.65. The van der Waals surface area contributed by atoms with Crippen LogP contribution in [0.15, 0.2) is 12.2 Å². The van der Waals surface area contributed by atoms with Crippen molar-refractivity contribution in [2.45, 2.75) is 90.8 Å². The first-order valence-corrected chi connectivity index (χ1v) is 21.6. The summed E-state index contributed by atoms with van der Waals surface area (Å²) >= 11 is 0. The summed E-state index contributed by atoms with van der Waals surface area (Å²) in [5.41, 5.74) is 0.330. The second-order valence-corrected chi connectivity index (χ2v) is 27.3. The standard InChI is InChI=1S/C18H41O5Si4/c1-14-15-18(4,20-17(19)16(2)3)27(21-24(5,6)7,22-25(8,9)10)23-26(11,12)13/h2,4,14-15H2,1,3,5-13H3. The van der Waals surface area contributed by atoms with Crippen LogP contribution in [0.5, 0.6) is 0 Å². The molecule has 0 fully saturated rings. The number of ether oxygens (including phenoxy) is 1. The molecule has 0 aromatic heterocycles. The summed E-state index contributed by atoms with van der Waals surface area (Å²) in [4.78, 5) is 12.5. The van der Waals surface area contributed by atoms with Gasteiger partial charge in [-0.3, -0.25) is 0 Å². The molecule has 5 nitrogen and oxygen atoms in total. The number of hydrogen-bond acceptors (Lipinski definition) is 5. The first-order chi connectivity index (χ1) is 11.8. The maximum absolute atomic E-state index is 12.5. The molecule has 1 radical (unpaired) electrons. The summed E-state index contributed by atoms with van der Waals surface area (Å²) in [5.74, 6) is -0.479. The number of carbonyl (C=O) groups excluding carboxylic acids is 1. The smallest absolute Gasteiger partial charge is 0.451 e. The van der Waals surface area contributed by atoms with Crippen molar-refractivity contribution >= 4 is 39.7 Å². The lowest BCUT2D eigenvalue weighted by Crippen LogP contribution is -2.73. The predicted molar refractivity (Wildman–Crippen MR) is 123 cm³/mol. The second-order valence-electron chi connectivity index (χ2n) is 10.1. The zero-order valence-electron chi connectivity index (χ0n) is 19.4. The van der Waals surface area contributed by atoms with Crippen LogP contribution in [0, 0.1) is 6.92 Å². The van der Waals surface area contributed by atoms with Crippen LogP contribution in [0.2, 0.25) is 58.9 Å². The molecule has 0 aliphatic carbocycles. The third kappa shape index (κ3) is 9.33. The Morgan fingerprint density at radius 3 is 1.41 bits per heavy atom. The van der Waals surface area contributed by atoms with Crippen molar-refractivity contribution in [3.63, 3.8) is 0 Å². The number of carbonyl (C=O) groups is 1. The van der Waals surface area contributed by atoms with Crippen LogP contribution in [0.4, 0.5) is 0 Å². The molecule has 27 heavy (non-hydrogen) atoms. The highest BCUT2D eigenvalue weighted by molar-refractivity contribution is 6.91. The molecule has 0 saturated carbocycles. The molecule has 0 saturated heterocycles. The van der Waals surface area contributed by atoms with Crippen molar-refractivity contribution in [1.82, 2.24) is 0 Å². The summed E-state index contributed by atoms with van der Waals surface area (Å²) in [6.45, 7) is 30.7. The van der Waals surface area contributed by atoms with Gasteiger partial charge in [-0.15, -0.1) is 0 Å². The number of rotatable bonds is 11. The van der Waals surface area contributed by atoms with E-state index in [9.17, 15) is 4.79 Å². The molecule has 1 atom stereocenters. The van der Waals surface area contributed by atoms with Crippen LogP contribution in [-0.2, 0) is 21.9 Å². The molecule has 0 heterocycles. The van der Waals surface area contributed by atoms with Gasteiger partial charge in [-0.2, -0.15) is 0 Å². The SMILES string of the molecule is [CH2]C(CCC)(OC(=O)C(=C)C)[Si](O[Si](C)(C)C)(O[Si](C)(C)C)O[Si](C)(C)C. The molecule has 0 aliphatic heterocycles. The molecular formula is C18H41O5Si4. The van der Waals surface area contributed by atoms with E-state index in [4.69, 9.17) is 17.1 Å². The normalized spacial score (nSPS) is 16.0. The van der Waals surface area contributed by atoms with Crippen molar-refractivity contribution in [2.75, 3.05) is 0 Å². The van der Waals surface area contributed by atoms with Crippen LogP contribution in [0.25, 0.3) is 0 Å². The number of esters is 1. The molecule has 159 valence electrons. The molecule has 9 heteroatoms. The molecule has 0 amide bonds. The van der Waals surface area contributed by atoms with Gasteiger partial charge in [0.15, 0.2) is 30.2 Å². The van der Waals surface area contributed by atoms with Crippen LogP contribution < -0.4 is 0 Å². The van der Waals surface area contributed by atoms with E-state index in [1.807, 2.05) is 6.92 Å². The van der Waals surface area contributed by atoms with Crippen molar-refractivity contribution in [1.29, 1.82) is 0 Å². The summed E-state index contributed by atoms with van der Waals surface area (Å²) in [6, 6.07) is 0. The first-order valence-electron chi connectivity index (χ1n) is 9.60. The van der Waals surface area contributed by atoms with Crippen molar-refractivity contribution in [3.8, 4) is 0 Å². The molecule has 0 aromatic carbocycles. The lowest BCUT2D eigenvalue weighted by atomic mass is 10.2. The summed E-state index contributed by atoms with van der Waals surface area (Å²) in [7, 11) is -9.82. The van der Waals surface area contributed by atoms with Gasteiger partial charge in [0, 0.05) is 5.57 Å². The minimum atomic E-state index is -3.50. The third-order valence-corrected chi connectivity index (χ3v) is 15.2. The second kappa shape index (κ2) is 9.18. The fraction of sp³-hybridized carbons (Fsp3) is 0.778. The molecule has 0 aliphatic rings. The van der Waals surface area contributed by atoms with Gasteiger partial charge in [0.05, 0.1) is 0 Å². The maximum atomic E-state index is 12.5. The van der Waals surface area contributed by atoms with E-state index in [1.165, 1.54) is 0 Å². The highest BCUT2D eigenvalue weighted by atomic mass is 28.5. The quantitative estimate of drug-likeness (QED) is 0.236. The van der Waals surface area contributed by atoms with Crippen LogP contribution in [0.1, 0.15) is 26.7 Å². The molecule has 0 rings (SSSR count). The minimum Gasteiger partial charge on any atom is -0.451 e. The topological polar surface area (TPSA) is 54.0 Å². The van der Waals surface area contributed by atoms with Crippen LogP contribution in [0.3, 0.4) is 0 Å². The fourth-order valence-corrected chi connectivity index (χ4v) is 16.8. The summed E-state index contributed by atoms with van der Waals surface area (Å²) < 4.78 is 26.1. The van der Waals surface area contributed by atoms with Gasteiger partial charge >= 0.3 is 14.8 Å². The van der Waals surface area contributed by atoms with Crippen LogP contribution in [-0.4, -0.2) is 45.0 Å². The molecule has 0 aromatic rings. The third-order valence-electron chi connectivity index (χ3n) is 3.17. The number of hydrogen-bond donors (Lipinski definition) is 0. The van der Waals surface area contributed by atoms with Gasteiger partial charge in [-0.1, -0.05) is 19.9 Å². The molecule has 0 spiro atoms. The molecule has 0 bridgehead atoms. The molecule has 0 N–H and O–H groups in total. The fourth-order valence-electron chi connectivity index (χ4n) is 2.49. The summed E-state index contributed by atoms with van der Waals surface area (Å²) in [5, 5.41) is -1.20. The van der Waals surface area contributed by atoms with Gasteiger partial charge in [0.1, 0.15) is 0 Å². The van der Waals surface area contributed by atoms with E-state index >= 15 is 0 Å². The Kier molecular flexibility index (Phi) is 9.17. The lowest BCUT2D eigenvalue weighted by Gasteiger charge is -2.50.